The van der Waals surface area contributed by atoms with E-state index in [9.17, 15) is 5.11 Å². The van der Waals surface area contributed by atoms with Crippen molar-refractivity contribution in [3.8, 4) is 5.75 Å². The van der Waals surface area contributed by atoms with Gasteiger partial charge in [0.15, 0.2) is 0 Å². The molecular formula is C16H21ClN2O2. The third kappa shape index (κ3) is 2.40. The highest BCUT2D eigenvalue weighted by molar-refractivity contribution is 6.30. The molecule has 2 aliphatic heterocycles. The average Bonchev–Trinajstić information content (AvgIpc) is 2.89. The van der Waals surface area contributed by atoms with E-state index in [1.807, 2.05) is 39.1 Å². The van der Waals surface area contributed by atoms with Gasteiger partial charge in [-0.3, -0.25) is 4.99 Å². The summed E-state index contributed by atoms with van der Waals surface area (Å²) in [7, 11) is 1.81. The van der Waals surface area contributed by atoms with E-state index in [2.05, 4.69) is 9.89 Å². The number of ether oxygens (including phenoxy) is 1. The molecular weight excluding hydrogens is 288 g/mol. The molecule has 1 saturated heterocycles. The summed E-state index contributed by atoms with van der Waals surface area (Å²) < 4.78 is 5.97. The summed E-state index contributed by atoms with van der Waals surface area (Å²) >= 11 is 6.15. The number of aliphatic hydroxyl groups is 1. The summed E-state index contributed by atoms with van der Waals surface area (Å²) in [6.07, 6.45) is 1.38. The van der Waals surface area contributed by atoms with Crippen LogP contribution in [0.25, 0.3) is 0 Å². The van der Waals surface area contributed by atoms with Crippen molar-refractivity contribution in [2.45, 2.75) is 44.4 Å². The molecule has 114 valence electrons. The number of hydrogen-bond acceptors (Lipinski definition) is 3. The van der Waals surface area contributed by atoms with Crippen LogP contribution in [0.2, 0.25) is 5.02 Å². The van der Waals surface area contributed by atoms with Crippen molar-refractivity contribution in [1.29, 1.82) is 0 Å². The van der Waals surface area contributed by atoms with Crippen molar-refractivity contribution in [3.05, 3.63) is 28.8 Å². The molecule has 0 saturated carbocycles. The molecule has 1 N–H and O–H groups in total. The Hall–Kier alpha value is -1.26. The maximum atomic E-state index is 10.8. The molecule has 4 nitrogen and oxygen atoms in total. The Balaban J connectivity index is 2.11. The van der Waals surface area contributed by atoms with Crippen LogP contribution in [0.5, 0.6) is 5.75 Å². The van der Waals surface area contributed by atoms with Crippen LogP contribution < -0.4 is 4.74 Å². The van der Waals surface area contributed by atoms with Gasteiger partial charge in [-0.2, -0.15) is 0 Å². The van der Waals surface area contributed by atoms with Gasteiger partial charge in [0.2, 0.25) is 0 Å². The monoisotopic (exact) mass is 308 g/mol. The van der Waals surface area contributed by atoms with E-state index >= 15 is 0 Å². The van der Waals surface area contributed by atoms with Gasteiger partial charge in [-0.1, -0.05) is 11.6 Å². The lowest BCUT2D eigenvalue weighted by molar-refractivity contribution is -0.0802. The molecule has 0 amide bonds. The van der Waals surface area contributed by atoms with Crippen molar-refractivity contribution < 1.29 is 9.84 Å². The zero-order chi connectivity index (χ0) is 15.2. The number of fused-ring (bicyclic) bond motifs is 1. The van der Waals surface area contributed by atoms with Crippen molar-refractivity contribution >= 4 is 17.4 Å². The van der Waals surface area contributed by atoms with Gasteiger partial charge < -0.3 is 14.7 Å². The molecule has 2 aliphatic rings. The first-order valence-electron chi connectivity index (χ1n) is 7.33. The van der Waals surface area contributed by atoms with Crippen molar-refractivity contribution in [1.82, 2.24) is 4.90 Å². The van der Waals surface area contributed by atoms with Gasteiger partial charge in [-0.15, -0.1) is 0 Å². The standard InChI is InChI=1S/C16H21ClN2O2/c1-16(2)15(20)14(19-8-4-5-13(19)18-3)11-9-10(17)6-7-12(11)21-16/h6-7,9,14-15,20H,4-5,8H2,1-3H3/t14-,15+/m1/s1. The molecule has 1 fully saturated rings. The lowest BCUT2D eigenvalue weighted by atomic mass is 9.85. The van der Waals surface area contributed by atoms with Gasteiger partial charge in [0.1, 0.15) is 17.5 Å². The molecule has 2 atom stereocenters. The molecule has 0 aliphatic carbocycles. The molecule has 0 unspecified atom stereocenters. The maximum absolute atomic E-state index is 10.8. The van der Waals surface area contributed by atoms with Crippen LogP contribution in [-0.4, -0.2) is 41.1 Å². The number of benzene rings is 1. The van der Waals surface area contributed by atoms with Crippen LogP contribution in [0.4, 0.5) is 0 Å². The van der Waals surface area contributed by atoms with Gasteiger partial charge in [0.25, 0.3) is 0 Å². The first-order chi connectivity index (χ1) is 9.94. The number of halogens is 1. The van der Waals surface area contributed by atoms with Gasteiger partial charge in [-0.05, 0) is 38.5 Å². The van der Waals surface area contributed by atoms with Crippen LogP contribution in [0.3, 0.4) is 0 Å². The van der Waals surface area contributed by atoms with Crippen LogP contribution in [0.15, 0.2) is 23.2 Å². The Bertz CT molecular complexity index is 586. The van der Waals surface area contributed by atoms with Crippen LogP contribution in [0.1, 0.15) is 38.3 Å². The Labute approximate surface area is 130 Å². The molecule has 1 aromatic rings. The van der Waals surface area contributed by atoms with Crippen molar-refractivity contribution in [2.24, 2.45) is 4.99 Å². The number of hydrogen-bond donors (Lipinski definition) is 1. The number of nitrogens with zero attached hydrogens (tertiary/aromatic N) is 2. The van der Waals surface area contributed by atoms with E-state index in [4.69, 9.17) is 16.3 Å². The van der Waals surface area contributed by atoms with Gasteiger partial charge in [0, 0.05) is 30.6 Å². The lowest BCUT2D eigenvalue weighted by Crippen LogP contribution is -2.53. The molecule has 3 rings (SSSR count). The fourth-order valence-electron chi connectivity index (χ4n) is 3.30. The fraction of sp³-hybridized carbons (Fsp3) is 0.562. The predicted octanol–water partition coefficient (Wildman–Crippen LogP) is 3.04. The SMILES string of the molecule is CN=C1CCCN1[C@@H]1c2cc(Cl)ccc2OC(C)(C)[C@H]1O. The van der Waals surface area contributed by atoms with E-state index in [0.717, 1.165) is 36.5 Å². The zero-order valence-electron chi connectivity index (χ0n) is 12.6. The van der Waals surface area contributed by atoms with Crippen LogP contribution in [-0.2, 0) is 0 Å². The highest BCUT2D eigenvalue weighted by Crippen LogP contribution is 2.45. The number of likely N-dealkylation sites (tertiary alicyclic amines) is 1. The third-order valence-electron chi connectivity index (χ3n) is 4.40. The largest absolute Gasteiger partial charge is 0.485 e. The molecule has 0 spiro atoms. The fourth-order valence-corrected chi connectivity index (χ4v) is 3.48. The Kier molecular flexibility index (Phi) is 3.62. The number of aliphatic hydroxyl groups excluding tert-OH is 1. The summed E-state index contributed by atoms with van der Waals surface area (Å²) in [5.74, 6) is 1.84. The Morgan fingerprint density at radius 1 is 1.43 bits per heavy atom. The van der Waals surface area contributed by atoms with Crippen molar-refractivity contribution in [2.75, 3.05) is 13.6 Å². The summed E-state index contributed by atoms with van der Waals surface area (Å²) in [5, 5.41) is 11.5. The summed E-state index contributed by atoms with van der Waals surface area (Å²) in [5.41, 5.74) is 0.296. The van der Waals surface area contributed by atoms with E-state index in [1.165, 1.54) is 0 Å². The van der Waals surface area contributed by atoms with Crippen LogP contribution >= 0.6 is 11.6 Å². The average molecular weight is 309 g/mol. The molecule has 2 heterocycles. The Morgan fingerprint density at radius 3 is 2.90 bits per heavy atom. The first-order valence-corrected chi connectivity index (χ1v) is 7.70. The number of aliphatic imine (C=N–C) groups is 1. The molecule has 1 aromatic carbocycles. The van der Waals surface area contributed by atoms with Gasteiger partial charge in [0.05, 0.1) is 11.9 Å². The zero-order valence-corrected chi connectivity index (χ0v) is 13.4. The second-order valence-electron chi connectivity index (χ2n) is 6.21. The summed E-state index contributed by atoms with van der Waals surface area (Å²) in [6.45, 7) is 4.73. The third-order valence-corrected chi connectivity index (χ3v) is 4.63. The summed E-state index contributed by atoms with van der Waals surface area (Å²) in [6, 6.07) is 5.44. The normalized spacial score (nSPS) is 29.4. The maximum Gasteiger partial charge on any atom is 0.132 e. The second-order valence-corrected chi connectivity index (χ2v) is 6.65. The minimum atomic E-state index is -0.646. The molecule has 21 heavy (non-hydrogen) atoms. The number of amidine groups is 1. The number of rotatable bonds is 1. The predicted molar refractivity (Wildman–Crippen MR) is 84.2 cm³/mol. The highest BCUT2D eigenvalue weighted by atomic mass is 35.5. The smallest absolute Gasteiger partial charge is 0.132 e. The molecule has 0 bridgehead atoms. The molecule has 5 heteroatoms. The van der Waals surface area contributed by atoms with E-state index in [1.54, 1.807) is 0 Å². The molecule has 0 radical (unpaired) electrons. The van der Waals surface area contributed by atoms with E-state index in [0.29, 0.717) is 5.02 Å². The first kappa shape index (κ1) is 14.7. The minimum absolute atomic E-state index is 0.163. The summed E-state index contributed by atoms with van der Waals surface area (Å²) in [4.78, 5) is 6.58. The van der Waals surface area contributed by atoms with E-state index < -0.39 is 11.7 Å². The van der Waals surface area contributed by atoms with Gasteiger partial charge in [-0.25, -0.2) is 0 Å². The van der Waals surface area contributed by atoms with Crippen LogP contribution in [0, 0.1) is 0 Å². The quantitative estimate of drug-likeness (QED) is 0.867. The second kappa shape index (κ2) is 5.18. The van der Waals surface area contributed by atoms with Gasteiger partial charge >= 0.3 is 0 Å². The van der Waals surface area contributed by atoms with Crippen molar-refractivity contribution in [3.63, 3.8) is 0 Å². The minimum Gasteiger partial charge on any atom is -0.485 e. The Morgan fingerprint density at radius 2 is 2.19 bits per heavy atom. The lowest BCUT2D eigenvalue weighted by Gasteiger charge is -2.46. The molecule has 0 aromatic heterocycles. The topological polar surface area (TPSA) is 45.1 Å². The highest BCUT2D eigenvalue weighted by Gasteiger charge is 2.46. The van der Waals surface area contributed by atoms with E-state index in [-0.39, 0.29) is 6.04 Å².